The summed E-state index contributed by atoms with van der Waals surface area (Å²) in [5, 5.41) is 4.72. The van der Waals surface area contributed by atoms with Gasteiger partial charge in [0.15, 0.2) is 0 Å². The molecule has 190 valence electrons. The Balaban J connectivity index is 1.31. The molecule has 10 heteroatoms. The van der Waals surface area contributed by atoms with Crippen LogP contribution in [0, 0.1) is 11.8 Å². The monoisotopic (exact) mass is 516 g/mol. The number of aromatic nitrogens is 2. The molecule has 2 aromatic carbocycles. The Hall–Kier alpha value is -2.69. The average Bonchev–Trinajstić information content (AvgIpc) is 3.38. The number of benzene rings is 2. The van der Waals surface area contributed by atoms with Gasteiger partial charge in [-0.2, -0.15) is 35.7 Å². The minimum Gasteiger partial charge on any atom is -0.267 e. The van der Waals surface area contributed by atoms with Crippen LogP contribution in [0.15, 0.2) is 54.6 Å². The van der Waals surface area contributed by atoms with Crippen molar-refractivity contribution >= 4 is 10.2 Å². The highest BCUT2D eigenvalue weighted by molar-refractivity contribution is 7.87. The van der Waals surface area contributed by atoms with Crippen molar-refractivity contribution in [3.63, 3.8) is 0 Å². The Morgan fingerprint density at radius 3 is 2.39 bits per heavy atom. The lowest BCUT2D eigenvalue weighted by molar-refractivity contribution is -0.136. The van der Waals surface area contributed by atoms with Crippen molar-refractivity contribution in [3.05, 3.63) is 65.7 Å². The molecule has 1 N–H and O–H groups in total. The first kappa shape index (κ1) is 23.7. The zero-order valence-electron chi connectivity index (χ0n) is 19.8. The highest BCUT2D eigenvalue weighted by Crippen LogP contribution is 2.50. The number of nitrogens with zero attached hydrogens (tertiary/aromatic N) is 3. The lowest BCUT2D eigenvalue weighted by Crippen LogP contribution is -2.52. The molecule has 3 aromatic rings. The normalized spacial score (nSPS) is 27.3. The molecular formula is C26H27F3N4O2S. The van der Waals surface area contributed by atoms with Crippen LogP contribution in [0.3, 0.4) is 0 Å². The maximum atomic E-state index is 13.1. The number of hydrogen-bond donors (Lipinski definition) is 1. The molecular weight excluding hydrogens is 489 g/mol. The molecule has 1 aromatic heterocycles. The van der Waals surface area contributed by atoms with E-state index in [9.17, 15) is 21.6 Å². The molecule has 0 radical (unpaired) electrons. The summed E-state index contributed by atoms with van der Waals surface area (Å²) >= 11 is 0. The topological polar surface area (TPSA) is 67.2 Å². The van der Waals surface area contributed by atoms with Crippen LogP contribution < -0.4 is 4.72 Å². The van der Waals surface area contributed by atoms with Crippen LogP contribution in [0.5, 0.6) is 0 Å². The van der Waals surface area contributed by atoms with Crippen molar-refractivity contribution < 1.29 is 21.6 Å². The molecule has 3 aliphatic rings. The van der Waals surface area contributed by atoms with Gasteiger partial charge in [0.2, 0.25) is 0 Å². The van der Waals surface area contributed by atoms with Crippen molar-refractivity contribution in [2.75, 3.05) is 13.1 Å². The van der Waals surface area contributed by atoms with Gasteiger partial charge in [-0.3, -0.25) is 4.68 Å². The van der Waals surface area contributed by atoms with Gasteiger partial charge < -0.3 is 0 Å². The SMILES string of the molecule is Cn1nc(-c2ccc3c(c2)C[C@@H]2CC[C@H](C3)[C@]23CN(CC(F)(F)F)S(=O)(=O)N3)cc1-c1ccccc1. The first-order valence-electron chi connectivity index (χ1n) is 12.1. The highest BCUT2D eigenvalue weighted by atomic mass is 32.2. The largest absolute Gasteiger partial charge is 0.402 e. The van der Waals surface area contributed by atoms with Gasteiger partial charge in [0.1, 0.15) is 6.54 Å². The Kier molecular flexibility index (Phi) is 5.37. The van der Waals surface area contributed by atoms with E-state index in [0.717, 1.165) is 46.5 Å². The van der Waals surface area contributed by atoms with Crippen molar-refractivity contribution in [2.45, 2.75) is 37.4 Å². The van der Waals surface area contributed by atoms with Gasteiger partial charge in [-0.15, -0.1) is 0 Å². The minimum atomic E-state index is -4.58. The first-order valence-corrected chi connectivity index (χ1v) is 13.6. The summed E-state index contributed by atoms with van der Waals surface area (Å²) < 4.78 is 69.9. The number of nitrogens with one attached hydrogen (secondary N) is 1. The van der Waals surface area contributed by atoms with Gasteiger partial charge in [-0.1, -0.05) is 42.5 Å². The molecule has 6 rings (SSSR count). The van der Waals surface area contributed by atoms with E-state index in [-0.39, 0.29) is 18.4 Å². The minimum absolute atomic E-state index is 0.0397. The number of halogens is 3. The van der Waals surface area contributed by atoms with Gasteiger partial charge >= 0.3 is 6.18 Å². The molecule has 2 heterocycles. The summed E-state index contributed by atoms with van der Waals surface area (Å²) in [5.41, 5.74) is 5.30. The van der Waals surface area contributed by atoms with Gasteiger partial charge in [0.25, 0.3) is 10.2 Å². The van der Waals surface area contributed by atoms with Crippen LogP contribution in [0.25, 0.3) is 22.5 Å². The Labute approximate surface area is 208 Å². The van der Waals surface area contributed by atoms with Crippen LogP contribution in [-0.4, -0.2) is 47.3 Å². The van der Waals surface area contributed by atoms with Gasteiger partial charge in [-0.25, -0.2) is 0 Å². The Morgan fingerprint density at radius 1 is 1.00 bits per heavy atom. The standard InChI is InChI=1S/C26H27F3N4O2S/c1-32-24(17-5-3-2-4-6-17)14-23(30-32)19-8-7-18-12-21-9-10-22(13-20(18)11-19)25(21)15-33(16-26(27,28)29)36(34,35)31-25/h2-8,11,14,21-22,31H,9-10,12-13,15-16H2,1H3/t21-,22+,25-/m1/s1. The van der Waals surface area contributed by atoms with Crippen LogP contribution in [0.2, 0.25) is 0 Å². The molecule has 2 bridgehead atoms. The first-order chi connectivity index (χ1) is 17.0. The van der Waals surface area contributed by atoms with Crippen LogP contribution in [-0.2, 0) is 30.1 Å². The Bertz CT molecular complexity index is 1420. The molecule has 1 spiro atoms. The number of hydrogen-bond acceptors (Lipinski definition) is 3. The molecule has 1 saturated heterocycles. The average molecular weight is 517 g/mol. The van der Waals surface area contributed by atoms with E-state index in [1.165, 1.54) is 0 Å². The van der Waals surface area contributed by atoms with Crippen LogP contribution >= 0.6 is 0 Å². The van der Waals surface area contributed by atoms with Crippen LogP contribution in [0.4, 0.5) is 13.2 Å². The second-order valence-corrected chi connectivity index (χ2v) is 12.0. The van der Waals surface area contributed by atoms with Crippen molar-refractivity contribution in [1.29, 1.82) is 0 Å². The smallest absolute Gasteiger partial charge is 0.267 e. The summed E-state index contributed by atoms with van der Waals surface area (Å²) in [5.74, 6) is -0.0993. The molecule has 2 aliphatic carbocycles. The van der Waals surface area contributed by atoms with Crippen molar-refractivity contribution in [1.82, 2.24) is 18.8 Å². The number of alkyl halides is 3. The fraction of sp³-hybridized carbons (Fsp3) is 0.423. The number of fused-ring (bicyclic) bond motifs is 1. The predicted octanol–water partition coefficient (Wildman–Crippen LogP) is 4.33. The maximum Gasteiger partial charge on any atom is 0.402 e. The molecule has 2 fully saturated rings. The van der Waals surface area contributed by atoms with E-state index in [1.807, 2.05) is 48.1 Å². The van der Waals surface area contributed by atoms with E-state index in [4.69, 9.17) is 5.10 Å². The molecule has 1 saturated carbocycles. The van der Waals surface area contributed by atoms with Gasteiger partial charge in [-0.05, 0) is 66.3 Å². The summed E-state index contributed by atoms with van der Waals surface area (Å²) in [6.07, 6.45) is -1.72. The second kappa shape index (κ2) is 8.16. The molecule has 0 unspecified atom stereocenters. The van der Waals surface area contributed by atoms with E-state index in [1.54, 1.807) is 0 Å². The fourth-order valence-electron chi connectivity index (χ4n) is 6.49. The summed E-state index contributed by atoms with van der Waals surface area (Å²) in [6, 6.07) is 18.3. The lowest BCUT2D eigenvalue weighted by Gasteiger charge is -2.33. The zero-order valence-corrected chi connectivity index (χ0v) is 20.6. The third-order valence-corrected chi connectivity index (χ3v) is 9.73. The summed E-state index contributed by atoms with van der Waals surface area (Å²) in [7, 11) is -2.27. The van der Waals surface area contributed by atoms with Crippen molar-refractivity contribution in [3.8, 4) is 22.5 Å². The number of rotatable bonds is 3. The predicted molar refractivity (Wildman–Crippen MR) is 130 cm³/mol. The quantitative estimate of drug-likeness (QED) is 0.564. The fourth-order valence-corrected chi connectivity index (χ4v) is 8.20. The third kappa shape index (κ3) is 3.95. The zero-order chi connectivity index (χ0) is 25.3. The molecule has 6 nitrogen and oxygen atoms in total. The second-order valence-electron chi connectivity index (χ2n) is 10.3. The highest BCUT2D eigenvalue weighted by Gasteiger charge is 2.60. The Morgan fingerprint density at radius 2 is 1.69 bits per heavy atom. The van der Waals surface area contributed by atoms with E-state index >= 15 is 0 Å². The van der Waals surface area contributed by atoms with E-state index in [0.29, 0.717) is 17.1 Å². The molecule has 1 aliphatic heterocycles. The van der Waals surface area contributed by atoms with Gasteiger partial charge in [0.05, 0.1) is 16.9 Å². The molecule has 3 atom stereocenters. The van der Waals surface area contributed by atoms with E-state index < -0.39 is 28.5 Å². The summed E-state index contributed by atoms with van der Waals surface area (Å²) in [6.45, 7) is -1.59. The maximum absolute atomic E-state index is 13.1. The number of aryl methyl sites for hydroxylation is 1. The van der Waals surface area contributed by atoms with Crippen molar-refractivity contribution in [2.24, 2.45) is 18.9 Å². The van der Waals surface area contributed by atoms with E-state index in [2.05, 4.69) is 22.9 Å². The third-order valence-electron chi connectivity index (χ3n) is 8.16. The molecule has 0 amide bonds. The summed E-state index contributed by atoms with van der Waals surface area (Å²) in [4.78, 5) is 0. The lowest BCUT2D eigenvalue weighted by atomic mass is 9.79. The van der Waals surface area contributed by atoms with Crippen LogP contribution in [0.1, 0.15) is 24.0 Å². The molecule has 36 heavy (non-hydrogen) atoms. The van der Waals surface area contributed by atoms with Gasteiger partial charge in [0, 0.05) is 19.2 Å².